The van der Waals surface area contributed by atoms with Crippen LogP contribution in [0.1, 0.15) is 0 Å². The number of rotatable bonds is 5. The van der Waals surface area contributed by atoms with Crippen molar-refractivity contribution in [2.75, 3.05) is 37.8 Å². The van der Waals surface area contributed by atoms with Crippen LogP contribution in [0.5, 0.6) is 23.0 Å². The standard InChI is InChI=1S/C24H22N2O7/c1-29-15-5-3-13(9-18(15)30-2)25-22(27)20-17-7-8-24(33-17)11-26(23(28)21(20)24)14-4-6-16-19(10-14)32-12-31-16/h3-10,17,20-21H,11-12H2,1-2H3,(H,25,27)/t17-,20+,21+,24+/m1/s1. The van der Waals surface area contributed by atoms with Crippen LogP contribution in [0.15, 0.2) is 48.6 Å². The molecule has 9 heteroatoms. The van der Waals surface area contributed by atoms with Crippen molar-refractivity contribution in [2.24, 2.45) is 11.8 Å². The van der Waals surface area contributed by atoms with E-state index in [1.54, 1.807) is 42.3 Å². The number of nitrogens with zero attached hydrogens (tertiary/aromatic N) is 1. The number of amides is 2. The molecule has 4 aliphatic rings. The molecule has 2 amide bonds. The maximum Gasteiger partial charge on any atom is 0.234 e. The Morgan fingerprint density at radius 3 is 2.73 bits per heavy atom. The van der Waals surface area contributed by atoms with E-state index < -0.39 is 23.5 Å². The highest BCUT2D eigenvalue weighted by Gasteiger charge is 2.67. The molecule has 9 nitrogen and oxygen atoms in total. The Hall–Kier alpha value is -3.72. The predicted molar refractivity (Wildman–Crippen MR) is 117 cm³/mol. The van der Waals surface area contributed by atoms with Crippen LogP contribution < -0.4 is 29.2 Å². The van der Waals surface area contributed by atoms with Crippen molar-refractivity contribution in [3.05, 3.63) is 48.6 Å². The Labute approximate surface area is 189 Å². The van der Waals surface area contributed by atoms with E-state index in [2.05, 4.69) is 5.32 Å². The van der Waals surface area contributed by atoms with Gasteiger partial charge in [-0.05, 0) is 24.3 Å². The Balaban J connectivity index is 1.27. The minimum atomic E-state index is -0.822. The average molecular weight is 450 g/mol. The highest BCUT2D eigenvalue weighted by molar-refractivity contribution is 6.05. The molecule has 1 N–H and O–H groups in total. The summed E-state index contributed by atoms with van der Waals surface area (Å²) in [5.41, 5.74) is 0.418. The van der Waals surface area contributed by atoms with Gasteiger partial charge in [0, 0.05) is 23.5 Å². The predicted octanol–water partition coefficient (Wildman–Crippen LogP) is 2.36. The number of ether oxygens (including phenoxy) is 5. The zero-order valence-electron chi connectivity index (χ0n) is 18.1. The molecular weight excluding hydrogens is 428 g/mol. The van der Waals surface area contributed by atoms with E-state index >= 15 is 0 Å². The van der Waals surface area contributed by atoms with E-state index in [9.17, 15) is 9.59 Å². The number of carbonyl (C=O) groups is 2. The number of hydrogen-bond donors (Lipinski definition) is 1. The summed E-state index contributed by atoms with van der Waals surface area (Å²) in [5, 5.41) is 2.92. The lowest BCUT2D eigenvalue weighted by molar-refractivity contribution is -0.128. The zero-order chi connectivity index (χ0) is 22.7. The van der Waals surface area contributed by atoms with Crippen molar-refractivity contribution in [2.45, 2.75) is 11.7 Å². The Kier molecular flexibility index (Phi) is 4.31. The fourth-order valence-corrected chi connectivity index (χ4v) is 5.21. The fourth-order valence-electron chi connectivity index (χ4n) is 5.21. The molecule has 4 heterocycles. The summed E-state index contributed by atoms with van der Waals surface area (Å²) in [7, 11) is 3.08. The van der Waals surface area contributed by atoms with E-state index in [0.29, 0.717) is 40.9 Å². The van der Waals surface area contributed by atoms with Gasteiger partial charge in [0.2, 0.25) is 18.6 Å². The molecular formula is C24H22N2O7. The van der Waals surface area contributed by atoms with Crippen molar-refractivity contribution in [3.8, 4) is 23.0 Å². The maximum atomic E-state index is 13.5. The van der Waals surface area contributed by atoms with E-state index in [4.69, 9.17) is 23.7 Å². The first-order chi connectivity index (χ1) is 16.0. The van der Waals surface area contributed by atoms with Crippen LogP contribution in [-0.2, 0) is 14.3 Å². The Morgan fingerprint density at radius 1 is 1.09 bits per heavy atom. The Bertz CT molecular complexity index is 1200. The molecule has 1 spiro atoms. The van der Waals surface area contributed by atoms with Crippen molar-refractivity contribution in [1.29, 1.82) is 0 Å². The molecule has 4 atom stereocenters. The molecule has 0 radical (unpaired) electrons. The van der Waals surface area contributed by atoms with Gasteiger partial charge in [-0.3, -0.25) is 9.59 Å². The van der Waals surface area contributed by atoms with E-state index in [1.807, 2.05) is 18.2 Å². The minimum absolute atomic E-state index is 0.145. The van der Waals surface area contributed by atoms with Gasteiger partial charge in [0.1, 0.15) is 5.60 Å². The van der Waals surface area contributed by atoms with Crippen LogP contribution in [0.2, 0.25) is 0 Å². The van der Waals surface area contributed by atoms with Crippen molar-refractivity contribution < 1.29 is 33.3 Å². The molecule has 2 fully saturated rings. The molecule has 0 saturated carbocycles. The topological polar surface area (TPSA) is 95.6 Å². The molecule has 0 aromatic heterocycles. The molecule has 33 heavy (non-hydrogen) atoms. The summed E-state index contributed by atoms with van der Waals surface area (Å²) >= 11 is 0. The largest absolute Gasteiger partial charge is 0.493 e. The van der Waals surface area contributed by atoms with Crippen molar-refractivity contribution >= 4 is 23.2 Å². The minimum Gasteiger partial charge on any atom is -0.493 e. The highest BCUT2D eigenvalue weighted by Crippen LogP contribution is 2.53. The second-order valence-corrected chi connectivity index (χ2v) is 8.42. The third-order valence-corrected chi connectivity index (χ3v) is 6.72. The number of hydrogen-bond acceptors (Lipinski definition) is 7. The second kappa shape index (κ2) is 7.14. The maximum absolute atomic E-state index is 13.5. The van der Waals surface area contributed by atoms with Crippen molar-refractivity contribution in [3.63, 3.8) is 0 Å². The van der Waals surface area contributed by atoms with Crippen LogP contribution >= 0.6 is 0 Å². The monoisotopic (exact) mass is 450 g/mol. The number of anilines is 2. The smallest absolute Gasteiger partial charge is 0.234 e. The third kappa shape index (κ3) is 2.88. The van der Waals surface area contributed by atoms with Crippen LogP contribution in [0.25, 0.3) is 0 Å². The number of methoxy groups -OCH3 is 2. The van der Waals surface area contributed by atoms with Crippen molar-refractivity contribution in [1.82, 2.24) is 0 Å². The summed E-state index contributed by atoms with van der Waals surface area (Å²) in [6.07, 6.45) is 3.36. The van der Waals surface area contributed by atoms with Gasteiger partial charge in [0.15, 0.2) is 23.0 Å². The highest BCUT2D eigenvalue weighted by atomic mass is 16.7. The Morgan fingerprint density at radius 2 is 1.91 bits per heavy atom. The van der Waals surface area contributed by atoms with E-state index in [-0.39, 0.29) is 18.6 Å². The molecule has 6 rings (SSSR count). The SMILES string of the molecule is COc1ccc(NC(=O)[C@@H]2[C@H]3C(=O)N(c4ccc5c(c4)OCO5)C[C@@]34C=C[C@H]2O4)cc1OC. The normalized spacial score (nSPS) is 28.2. The lowest BCUT2D eigenvalue weighted by Gasteiger charge is -2.23. The van der Waals surface area contributed by atoms with E-state index in [1.165, 1.54) is 7.11 Å². The van der Waals surface area contributed by atoms with E-state index in [0.717, 1.165) is 0 Å². The second-order valence-electron chi connectivity index (χ2n) is 8.42. The average Bonchev–Trinajstić information content (AvgIpc) is 3.59. The molecule has 2 aromatic carbocycles. The van der Waals surface area contributed by atoms with Gasteiger partial charge in [-0.2, -0.15) is 0 Å². The van der Waals surface area contributed by atoms with Crippen LogP contribution in [-0.4, -0.2) is 51.1 Å². The van der Waals surface area contributed by atoms with Gasteiger partial charge < -0.3 is 33.9 Å². The summed E-state index contributed by atoms with van der Waals surface area (Å²) in [6, 6.07) is 10.5. The van der Waals surface area contributed by atoms with Gasteiger partial charge in [-0.25, -0.2) is 0 Å². The van der Waals surface area contributed by atoms with Gasteiger partial charge in [0.25, 0.3) is 0 Å². The molecule has 0 unspecified atom stereocenters. The molecule has 170 valence electrons. The molecule has 2 aromatic rings. The number of benzene rings is 2. The first-order valence-electron chi connectivity index (χ1n) is 10.6. The first kappa shape index (κ1) is 19.9. The lowest BCUT2D eigenvalue weighted by Crippen LogP contribution is -2.41. The summed E-state index contributed by atoms with van der Waals surface area (Å²) in [6.45, 7) is 0.495. The molecule has 0 aliphatic carbocycles. The summed E-state index contributed by atoms with van der Waals surface area (Å²) in [5.74, 6) is 0.629. The van der Waals surface area contributed by atoms with Gasteiger partial charge in [0.05, 0.1) is 38.7 Å². The van der Waals surface area contributed by atoms with Crippen LogP contribution in [0.3, 0.4) is 0 Å². The lowest BCUT2D eigenvalue weighted by atomic mass is 9.77. The number of carbonyl (C=O) groups excluding carboxylic acids is 2. The van der Waals surface area contributed by atoms with Gasteiger partial charge in [-0.15, -0.1) is 0 Å². The molecule has 2 saturated heterocycles. The first-order valence-corrected chi connectivity index (χ1v) is 10.6. The fraction of sp³-hybridized carbons (Fsp3) is 0.333. The quantitative estimate of drug-likeness (QED) is 0.699. The zero-order valence-corrected chi connectivity index (χ0v) is 18.1. The number of fused-ring (bicyclic) bond motifs is 2. The number of nitrogens with one attached hydrogen (secondary N) is 1. The van der Waals surface area contributed by atoms with Gasteiger partial charge >= 0.3 is 0 Å². The van der Waals surface area contributed by atoms with Gasteiger partial charge in [-0.1, -0.05) is 12.2 Å². The van der Waals surface area contributed by atoms with Crippen LogP contribution in [0, 0.1) is 11.8 Å². The molecule has 4 aliphatic heterocycles. The summed E-state index contributed by atoms with van der Waals surface area (Å²) < 4.78 is 27.6. The summed E-state index contributed by atoms with van der Waals surface area (Å²) in [4.78, 5) is 28.5. The third-order valence-electron chi connectivity index (χ3n) is 6.72. The molecule has 2 bridgehead atoms. The van der Waals surface area contributed by atoms with Crippen LogP contribution in [0.4, 0.5) is 11.4 Å².